The molecule has 0 saturated carbocycles. The molecule has 1 saturated heterocycles. The molecular formula is C15H19NO2S. The average molecular weight is 277 g/mol. The van der Waals surface area contributed by atoms with E-state index in [0.717, 1.165) is 31.5 Å². The summed E-state index contributed by atoms with van der Waals surface area (Å²) in [6.07, 6.45) is 3.45. The molecule has 2 heterocycles. The fourth-order valence-electron chi connectivity index (χ4n) is 2.43. The lowest BCUT2D eigenvalue weighted by atomic mass is 9.95. The molecule has 1 aliphatic rings. The Kier molecular flexibility index (Phi) is 5.00. The van der Waals surface area contributed by atoms with Gasteiger partial charge in [-0.1, -0.05) is 25.2 Å². The fourth-order valence-corrected chi connectivity index (χ4v) is 3.25. The van der Waals surface area contributed by atoms with E-state index < -0.39 is 0 Å². The van der Waals surface area contributed by atoms with Crippen molar-refractivity contribution >= 4 is 17.2 Å². The Hall–Kier alpha value is -1.31. The van der Waals surface area contributed by atoms with Gasteiger partial charge in [0, 0.05) is 18.7 Å². The van der Waals surface area contributed by atoms with Crippen molar-refractivity contribution in [2.75, 3.05) is 19.7 Å². The highest BCUT2D eigenvalue weighted by atomic mass is 32.1. The van der Waals surface area contributed by atoms with Crippen molar-refractivity contribution in [2.24, 2.45) is 5.92 Å². The van der Waals surface area contributed by atoms with Crippen LogP contribution in [0.5, 0.6) is 0 Å². The summed E-state index contributed by atoms with van der Waals surface area (Å²) in [5, 5.41) is 10.6. The number of hydrogen-bond donors (Lipinski definition) is 1. The zero-order valence-corrected chi connectivity index (χ0v) is 12.0. The zero-order chi connectivity index (χ0) is 13.7. The fraction of sp³-hybridized carbons (Fsp3) is 0.533. The molecule has 1 unspecified atom stereocenters. The molecule has 0 aliphatic carbocycles. The summed E-state index contributed by atoms with van der Waals surface area (Å²) in [5.74, 6) is 6.18. The van der Waals surface area contributed by atoms with Crippen LogP contribution in [0.15, 0.2) is 11.4 Å². The standard InChI is InChI=1S/C15H19NO2S/c1-2-12-5-3-8-16(11-12)15(18)14-13(6-4-9-17)7-10-19-14/h7,10,12,17H,2-3,5,8-9,11H2,1H3. The number of thiophene rings is 1. The van der Waals surface area contributed by atoms with E-state index in [-0.39, 0.29) is 12.5 Å². The van der Waals surface area contributed by atoms with Crippen LogP contribution in [0.2, 0.25) is 0 Å². The Balaban J connectivity index is 2.13. The van der Waals surface area contributed by atoms with Gasteiger partial charge in [-0.05, 0) is 30.2 Å². The molecule has 1 aromatic rings. The van der Waals surface area contributed by atoms with Crippen LogP contribution in [0.3, 0.4) is 0 Å². The number of carbonyl (C=O) groups is 1. The van der Waals surface area contributed by atoms with E-state index in [1.54, 1.807) is 0 Å². The molecule has 1 N–H and O–H groups in total. The van der Waals surface area contributed by atoms with Gasteiger partial charge in [0.1, 0.15) is 11.5 Å². The maximum absolute atomic E-state index is 12.5. The van der Waals surface area contributed by atoms with Gasteiger partial charge in [0.2, 0.25) is 0 Å². The molecule has 0 aromatic carbocycles. The van der Waals surface area contributed by atoms with Gasteiger partial charge in [0.15, 0.2) is 0 Å². The highest BCUT2D eigenvalue weighted by Crippen LogP contribution is 2.24. The number of hydrogen-bond acceptors (Lipinski definition) is 3. The second-order valence-electron chi connectivity index (χ2n) is 4.79. The Morgan fingerprint density at radius 1 is 1.63 bits per heavy atom. The van der Waals surface area contributed by atoms with Crippen LogP contribution in [-0.4, -0.2) is 35.6 Å². The summed E-state index contributed by atoms with van der Waals surface area (Å²) >= 11 is 1.44. The van der Waals surface area contributed by atoms with Gasteiger partial charge < -0.3 is 10.0 Å². The highest BCUT2D eigenvalue weighted by Gasteiger charge is 2.25. The second-order valence-corrected chi connectivity index (χ2v) is 5.71. The molecule has 3 nitrogen and oxygen atoms in total. The predicted octanol–water partition coefficient (Wildman–Crippen LogP) is 2.35. The Bertz CT molecular complexity index is 498. The molecule has 1 fully saturated rings. The first-order valence-corrected chi connectivity index (χ1v) is 7.60. The Morgan fingerprint density at radius 3 is 3.21 bits per heavy atom. The number of aliphatic hydroxyl groups is 1. The molecule has 2 rings (SSSR count). The molecule has 19 heavy (non-hydrogen) atoms. The second kappa shape index (κ2) is 6.74. The molecule has 1 amide bonds. The third kappa shape index (κ3) is 3.37. The minimum atomic E-state index is -0.175. The number of rotatable bonds is 2. The van der Waals surface area contributed by atoms with Crippen molar-refractivity contribution in [1.29, 1.82) is 0 Å². The van der Waals surface area contributed by atoms with Gasteiger partial charge in [0.05, 0.1) is 0 Å². The van der Waals surface area contributed by atoms with Crippen LogP contribution >= 0.6 is 11.3 Å². The first-order chi connectivity index (χ1) is 9.26. The zero-order valence-electron chi connectivity index (χ0n) is 11.2. The van der Waals surface area contributed by atoms with Crippen LogP contribution in [0.1, 0.15) is 41.4 Å². The summed E-state index contributed by atoms with van der Waals surface area (Å²) in [6.45, 7) is 3.72. The number of likely N-dealkylation sites (tertiary alicyclic amines) is 1. The molecule has 102 valence electrons. The van der Waals surface area contributed by atoms with Crippen LogP contribution in [0.25, 0.3) is 0 Å². The molecule has 1 aliphatic heterocycles. The van der Waals surface area contributed by atoms with E-state index in [4.69, 9.17) is 5.11 Å². The normalized spacial score (nSPS) is 18.8. The molecule has 0 radical (unpaired) electrons. The number of aliphatic hydroxyl groups excluding tert-OH is 1. The van der Waals surface area contributed by atoms with Gasteiger partial charge in [-0.25, -0.2) is 0 Å². The lowest BCUT2D eigenvalue weighted by molar-refractivity contribution is 0.0676. The van der Waals surface area contributed by atoms with Gasteiger partial charge in [-0.15, -0.1) is 11.3 Å². The van der Waals surface area contributed by atoms with Crippen molar-refractivity contribution in [2.45, 2.75) is 26.2 Å². The minimum absolute atomic E-state index is 0.0930. The third-order valence-corrected chi connectivity index (χ3v) is 4.45. The van der Waals surface area contributed by atoms with E-state index in [1.807, 2.05) is 16.3 Å². The van der Waals surface area contributed by atoms with Gasteiger partial charge >= 0.3 is 0 Å². The maximum Gasteiger partial charge on any atom is 0.265 e. The van der Waals surface area contributed by atoms with Crippen molar-refractivity contribution in [3.8, 4) is 11.8 Å². The number of piperidine rings is 1. The van der Waals surface area contributed by atoms with Crippen LogP contribution in [0.4, 0.5) is 0 Å². The summed E-state index contributed by atoms with van der Waals surface area (Å²) in [4.78, 5) is 15.2. The number of carbonyl (C=O) groups excluding carboxylic acids is 1. The van der Waals surface area contributed by atoms with Crippen LogP contribution in [0, 0.1) is 17.8 Å². The van der Waals surface area contributed by atoms with Crippen LogP contribution < -0.4 is 0 Å². The largest absolute Gasteiger partial charge is 0.384 e. The summed E-state index contributed by atoms with van der Waals surface area (Å²) in [6, 6.07) is 1.85. The maximum atomic E-state index is 12.5. The molecule has 1 aromatic heterocycles. The first-order valence-electron chi connectivity index (χ1n) is 6.72. The van der Waals surface area contributed by atoms with E-state index >= 15 is 0 Å². The SMILES string of the molecule is CCC1CCCN(C(=O)c2sccc2C#CCO)C1. The number of nitrogens with zero attached hydrogens (tertiary/aromatic N) is 1. The smallest absolute Gasteiger partial charge is 0.265 e. The van der Waals surface area contributed by atoms with Crippen LogP contribution in [-0.2, 0) is 0 Å². The summed E-state index contributed by atoms with van der Waals surface area (Å²) in [7, 11) is 0. The molecule has 0 bridgehead atoms. The molecular weight excluding hydrogens is 258 g/mol. The van der Waals surface area contributed by atoms with Crippen molar-refractivity contribution in [1.82, 2.24) is 4.90 Å². The predicted molar refractivity (Wildman–Crippen MR) is 77.2 cm³/mol. The number of amides is 1. The first kappa shape index (κ1) is 14.1. The third-order valence-electron chi connectivity index (χ3n) is 3.55. The lowest BCUT2D eigenvalue weighted by Crippen LogP contribution is -2.39. The van der Waals surface area contributed by atoms with E-state index in [1.165, 1.54) is 17.8 Å². The molecule has 1 atom stereocenters. The summed E-state index contributed by atoms with van der Waals surface area (Å²) in [5.41, 5.74) is 0.739. The van der Waals surface area contributed by atoms with Crippen molar-refractivity contribution in [3.63, 3.8) is 0 Å². The molecule has 0 spiro atoms. The highest BCUT2D eigenvalue weighted by molar-refractivity contribution is 7.12. The van der Waals surface area contributed by atoms with E-state index in [9.17, 15) is 4.79 Å². The van der Waals surface area contributed by atoms with E-state index in [2.05, 4.69) is 18.8 Å². The van der Waals surface area contributed by atoms with Gasteiger partial charge in [-0.3, -0.25) is 4.79 Å². The molecule has 4 heteroatoms. The topological polar surface area (TPSA) is 40.5 Å². The lowest BCUT2D eigenvalue weighted by Gasteiger charge is -2.32. The Labute approximate surface area is 118 Å². The van der Waals surface area contributed by atoms with Gasteiger partial charge in [0.25, 0.3) is 5.91 Å². The summed E-state index contributed by atoms with van der Waals surface area (Å²) < 4.78 is 0. The van der Waals surface area contributed by atoms with Crippen molar-refractivity contribution < 1.29 is 9.90 Å². The monoisotopic (exact) mass is 277 g/mol. The van der Waals surface area contributed by atoms with Gasteiger partial charge in [-0.2, -0.15) is 0 Å². The quantitative estimate of drug-likeness (QED) is 0.843. The van der Waals surface area contributed by atoms with Crippen molar-refractivity contribution in [3.05, 3.63) is 21.9 Å². The van der Waals surface area contributed by atoms with E-state index in [0.29, 0.717) is 10.8 Å². The Morgan fingerprint density at radius 2 is 2.47 bits per heavy atom. The average Bonchev–Trinajstić information content (AvgIpc) is 2.92. The minimum Gasteiger partial charge on any atom is -0.384 e.